The van der Waals surface area contributed by atoms with E-state index in [-0.39, 0.29) is 17.5 Å². The first-order chi connectivity index (χ1) is 8.81. The number of benzene rings is 1. The molecule has 0 radical (unpaired) electrons. The van der Waals surface area contributed by atoms with Gasteiger partial charge in [0.15, 0.2) is 0 Å². The molecule has 2 amide bonds. The average molecular weight is 262 g/mol. The Kier molecular flexibility index (Phi) is 5.40. The van der Waals surface area contributed by atoms with Gasteiger partial charge in [-0.2, -0.15) is 0 Å². The normalized spacial score (nSPS) is 12.9. The fourth-order valence-corrected chi connectivity index (χ4v) is 1.77. The molecule has 1 aromatic carbocycles. The van der Waals surface area contributed by atoms with Crippen molar-refractivity contribution in [1.29, 1.82) is 0 Å². The predicted octanol–water partition coefficient (Wildman–Crippen LogP) is 3.79. The number of urea groups is 1. The van der Waals surface area contributed by atoms with E-state index in [0.717, 1.165) is 12.0 Å². The molecule has 3 heteroatoms. The van der Waals surface area contributed by atoms with E-state index in [4.69, 9.17) is 0 Å². The number of rotatable bonds is 4. The summed E-state index contributed by atoms with van der Waals surface area (Å²) in [6, 6.07) is 8.28. The summed E-state index contributed by atoms with van der Waals surface area (Å²) in [4.78, 5) is 11.9. The lowest BCUT2D eigenvalue weighted by Gasteiger charge is -2.22. The lowest BCUT2D eigenvalue weighted by Crippen LogP contribution is -2.41. The SMILES string of the molecule is CCC(NC(=O)NCC(C)(C)C)c1ccc(C)cc1. The second-order valence-corrected chi connectivity index (χ2v) is 6.26. The molecule has 19 heavy (non-hydrogen) atoms. The first-order valence-electron chi connectivity index (χ1n) is 6.93. The number of aryl methyl sites for hydroxylation is 1. The van der Waals surface area contributed by atoms with Crippen LogP contribution in [-0.4, -0.2) is 12.6 Å². The van der Waals surface area contributed by atoms with Crippen LogP contribution in [0.3, 0.4) is 0 Å². The molecule has 1 unspecified atom stereocenters. The molecule has 0 aliphatic rings. The molecule has 0 fully saturated rings. The second kappa shape index (κ2) is 6.60. The van der Waals surface area contributed by atoms with Gasteiger partial charge in [0.2, 0.25) is 0 Å². The molecule has 0 heterocycles. The minimum absolute atomic E-state index is 0.0700. The summed E-state index contributed by atoms with van der Waals surface area (Å²) in [5, 5.41) is 5.94. The standard InChI is InChI=1S/C16H26N2O/c1-6-14(13-9-7-12(2)8-10-13)18-15(19)17-11-16(3,4)5/h7-10,14H,6,11H2,1-5H3,(H2,17,18,19). The summed E-state index contributed by atoms with van der Waals surface area (Å²) in [7, 11) is 0. The lowest BCUT2D eigenvalue weighted by molar-refractivity contribution is 0.231. The Bertz CT molecular complexity index is 404. The van der Waals surface area contributed by atoms with Crippen molar-refractivity contribution in [3.05, 3.63) is 35.4 Å². The highest BCUT2D eigenvalue weighted by molar-refractivity contribution is 5.74. The van der Waals surface area contributed by atoms with Crippen molar-refractivity contribution >= 4 is 6.03 Å². The summed E-state index contributed by atoms with van der Waals surface area (Å²) in [5.74, 6) is 0. The molecule has 1 atom stereocenters. The monoisotopic (exact) mass is 262 g/mol. The highest BCUT2D eigenvalue weighted by atomic mass is 16.2. The quantitative estimate of drug-likeness (QED) is 0.851. The topological polar surface area (TPSA) is 41.1 Å². The van der Waals surface area contributed by atoms with Gasteiger partial charge in [0.25, 0.3) is 0 Å². The van der Waals surface area contributed by atoms with Crippen molar-refractivity contribution in [2.45, 2.75) is 47.1 Å². The van der Waals surface area contributed by atoms with Crippen LogP contribution in [0.4, 0.5) is 4.79 Å². The van der Waals surface area contributed by atoms with Crippen molar-refractivity contribution in [2.75, 3.05) is 6.54 Å². The van der Waals surface area contributed by atoms with Crippen molar-refractivity contribution in [1.82, 2.24) is 10.6 Å². The molecule has 1 aromatic rings. The van der Waals surface area contributed by atoms with Crippen LogP contribution in [0.25, 0.3) is 0 Å². The second-order valence-electron chi connectivity index (χ2n) is 6.26. The molecule has 3 nitrogen and oxygen atoms in total. The van der Waals surface area contributed by atoms with Crippen LogP contribution in [0.5, 0.6) is 0 Å². The van der Waals surface area contributed by atoms with Gasteiger partial charge in [0.05, 0.1) is 6.04 Å². The van der Waals surface area contributed by atoms with Gasteiger partial charge in [0.1, 0.15) is 0 Å². The van der Waals surface area contributed by atoms with E-state index in [0.29, 0.717) is 6.54 Å². The van der Waals surface area contributed by atoms with Gasteiger partial charge in [-0.1, -0.05) is 57.5 Å². The van der Waals surface area contributed by atoms with Crippen molar-refractivity contribution in [3.8, 4) is 0 Å². The lowest BCUT2D eigenvalue weighted by atomic mass is 9.97. The zero-order valence-electron chi connectivity index (χ0n) is 12.7. The van der Waals surface area contributed by atoms with Crippen molar-refractivity contribution in [2.24, 2.45) is 5.41 Å². The van der Waals surface area contributed by atoms with Crippen LogP contribution < -0.4 is 10.6 Å². The summed E-state index contributed by atoms with van der Waals surface area (Å²) in [6.45, 7) is 11.1. The highest BCUT2D eigenvalue weighted by Gasteiger charge is 2.15. The number of carbonyl (C=O) groups excluding carboxylic acids is 1. The van der Waals surface area contributed by atoms with E-state index < -0.39 is 0 Å². The molecular weight excluding hydrogens is 236 g/mol. The molecule has 0 spiro atoms. The Morgan fingerprint density at radius 3 is 2.26 bits per heavy atom. The van der Waals surface area contributed by atoms with Gasteiger partial charge in [-0.15, -0.1) is 0 Å². The van der Waals surface area contributed by atoms with Crippen LogP contribution >= 0.6 is 0 Å². The van der Waals surface area contributed by atoms with E-state index in [1.807, 2.05) is 0 Å². The number of amides is 2. The van der Waals surface area contributed by atoms with Gasteiger partial charge in [-0.25, -0.2) is 4.79 Å². The van der Waals surface area contributed by atoms with Crippen molar-refractivity contribution < 1.29 is 4.79 Å². The first kappa shape index (κ1) is 15.5. The van der Waals surface area contributed by atoms with Crippen LogP contribution in [-0.2, 0) is 0 Å². The molecule has 0 saturated carbocycles. The Balaban J connectivity index is 2.57. The Hall–Kier alpha value is -1.51. The third kappa shape index (κ3) is 5.77. The summed E-state index contributed by atoms with van der Waals surface area (Å²) >= 11 is 0. The van der Waals surface area contributed by atoms with Crippen molar-refractivity contribution in [3.63, 3.8) is 0 Å². The third-order valence-corrected chi connectivity index (χ3v) is 2.97. The minimum Gasteiger partial charge on any atom is -0.338 e. The molecule has 1 rings (SSSR count). The van der Waals surface area contributed by atoms with E-state index in [1.165, 1.54) is 5.56 Å². The van der Waals surface area contributed by atoms with E-state index in [2.05, 4.69) is 69.5 Å². The molecule has 0 bridgehead atoms. The molecule has 106 valence electrons. The van der Waals surface area contributed by atoms with Gasteiger partial charge < -0.3 is 10.6 Å². The maximum atomic E-state index is 11.9. The van der Waals surface area contributed by atoms with E-state index >= 15 is 0 Å². The van der Waals surface area contributed by atoms with Crippen LogP contribution in [0.15, 0.2) is 24.3 Å². The van der Waals surface area contributed by atoms with Gasteiger partial charge in [-0.3, -0.25) is 0 Å². The molecule has 0 aliphatic heterocycles. The molecule has 0 aromatic heterocycles. The highest BCUT2D eigenvalue weighted by Crippen LogP contribution is 2.17. The molecule has 0 aliphatic carbocycles. The molecule has 0 saturated heterocycles. The summed E-state index contributed by atoms with van der Waals surface area (Å²) in [6.07, 6.45) is 0.881. The predicted molar refractivity (Wildman–Crippen MR) is 80.2 cm³/mol. The van der Waals surface area contributed by atoms with Gasteiger partial charge in [0, 0.05) is 6.54 Å². The van der Waals surface area contributed by atoms with E-state index in [9.17, 15) is 4.79 Å². The van der Waals surface area contributed by atoms with Gasteiger partial charge in [-0.05, 0) is 24.3 Å². The maximum absolute atomic E-state index is 11.9. The van der Waals surface area contributed by atoms with Crippen LogP contribution in [0.2, 0.25) is 0 Å². The number of hydrogen-bond donors (Lipinski definition) is 2. The zero-order valence-corrected chi connectivity index (χ0v) is 12.7. The number of nitrogens with one attached hydrogen (secondary N) is 2. The Morgan fingerprint density at radius 2 is 1.79 bits per heavy atom. The third-order valence-electron chi connectivity index (χ3n) is 2.97. The van der Waals surface area contributed by atoms with Crippen LogP contribution in [0.1, 0.15) is 51.3 Å². The maximum Gasteiger partial charge on any atom is 0.315 e. The summed E-state index contributed by atoms with van der Waals surface area (Å²) < 4.78 is 0. The van der Waals surface area contributed by atoms with Crippen LogP contribution in [0, 0.1) is 12.3 Å². The largest absolute Gasteiger partial charge is 0.338 e. The fourth-order valence-electron chi connectivity index (χ4n) is 1.77. The zero-order chi connectivity index (χ0) is 14.5. The Morgan fingerprint density at radius 1 is 1.21 bits per heavy atom. The summed E-state index contributed by atoms with van der Waals surface area (Å²) in [5.41, 5.74) is 2.48. The fraction of sp³-hybridized carbons (Fsp3) is 0.562. The van der Waals surface area contributed by atoms with E-state index in [1.54, 1.807) is 0 Å². The number of hydrogen-bond acceptors (Lipinski definition) is 1. The smallest absolute Gasteiger partial charge is 0.315 e. The average Bonchev–Trinajstić information content (AvgIpc) is 2.34. The molecular formula is C16H26N2O. The molecule has 2 N–H and O–H groups in total. The Labute approximate surface area is 116 Å². The minimum atomic E-state index is -0.0950. The first-order valence-corrected chi connectivity index (χ1v) is 6.93. The number of carbonyl (C=O) groups is 1. The van der Waals surface area contributed by atoms with Gasteiger partial charge >= 0.3 is 6.03 Å².